The maximum atomic E-state index is 13.1. The second kappa shape index (κ2) is 7.32. The monoisotopic (exact) mass is 379 g/mol. The Morgan fingerprint density at radius 3 is 2.58 bits per heavy atom. The lowest BCUT2D eigenvalue weighted by Gasteiger charge is -2.13. The van der Waals surface area contributed by atoms with E-state index in [-0.39, 0.29) is 5.56 Å². The molecule has 0 unspecified atom stereocenters. The molecule has 6 heteroatoms. The number of pyridine rings is 1. The Kier molecular flexibility index (Phi) is 4.73. The van der Waals surface area contributed by atoms with Crippen LogP contribution in [0.3, 0.4) is 0 Å². The van der Waals surface area contributed by atoms with Crippen LogP contribution in [0.25, 0.3) is 16.6 Å². The summed E-state index contributed by atoms with van der Waals surface area (Å²) in [6.07, 6.45) is 1.76. The maximum Gasteiger partial charge on any atom is 0.266 e. The van der Waals surface area contributed by atoms with Gasteiger partial charge in [0.25, 0.3) is 5.56 Å². The molecule has 0 saturated heterocycles. The van der Waals surface area contributed by atoms with Crippen LogP contribution in [0.1, 0.15) is 5.69 Å². The van der Waals surface area contributed by atoms with Crippen LogP contribution in [0.4, 0.5) is 0 Å². The van der Waals surface area contributed by atoms with E-state index in [1.807, 2.05) is 48.5 Å². The van der Waals surface area contributed by atoms with Crippen molar-refractivity contribution in [3.8, 4) is 5.69 Å². The third-order valence-corrected chi connectivity index (χ3v) is 5.10. The van der Waals surface area contributed by atoms with Crippen molar-refractivity contribution in [3.05, 3.63) is 94.0 Å². The molecule has 4 aromatic rings. The van der Waals surface area contributed by atoms with Gasteiger partial charge in [-0.05, 0) is 42.5 Å². The molecule has 2 aromatic carbocycles. The minimum atomic E-state index is -0.132. The number of hydrogen-bond acceptors (Lipinski definition) is 4. The van der Waals surface area contributed by atoms with Crippen molar-refractivity contribution in [1.29, 1.82) is 0 Å². The maximum absolute atomic E-state index is 13.1. The number of para-hydroxylation sites is 1. The van der Waals surface area contributed by atoms with Crippen LogP contribution in [0.5, 0.6) is 0 Å². The van der Waals surface area contributed by atoms with E-state index in [1.165, 1.54) is 11.8 Å². The van der Waals surface area contributed by atoms with Crippen LogP contribution in [-0.4, -0.2) is 14.5 Å². The molecule has 2 aromatic heterocycles. The number of nitrogens with zero attached hydrogens (tertiary/aromatic N) is 3. The highest BCUT2D eigenvalue weighted by molar-refractivity contribution is 7.98. The van der Waals surface area contributed by atoms with Crippen molar-refractivity contribution in [3.63, 3.8) is 0 Å². The van der Waals surface area contributed by atoms with Crippen LogP contribution < -0.4 is 5.56 Å². The lowest BCUT2D eigenvalue weighted by Crippen LogP contribution is -2.21. The number of aromatic nitrogens is 3. The summed E-state index contributed by atoms with van der Waals surface area (Å²) in [5, 5.41) is 1.65. The molecule has 2 heterocycles. The highest BCUT2D eigenvalue weighted by Gasteiger charge is 2.14. The Hall–Kier alpha value is -2.63. The smallest absolute Gasteiger partial charge is 0.266 e. The first-order chi connectivity index (χ1) is 12.7. The predicted octanol–water partition coefficient (Wildman–Crippen LogP) is 4.73. The molecule has 0 fully saturated rings. The number of fused-ring (bicyclic) bond motifs is 1. The third kappa shape index (κ3) is 3.36. The predicted molar refractivity (Wildman–Crippen MR) is 106 cm³/mol. The van der Waals surface area contributed by atoms with Crippen molar-refractivity contribution in [2.24, 2.45) is 0 Å². The molecule has 4 nitrogen and oxygen atoms in total. The van der Waals surface area contributed by atoms with Gasteiger partial charge in [-0.15, -0.1) is 0 Å². The highest BCUT2D eigenvalue weighted by atomic mass is 35.5. The van der Waals surface area contributed by atoms with Crippen LogP contribution in [0.2, 0.25) is 5.02 Å². The van der Waals surface area contributed by atoms with E-state index >= 15 is 0 Å². The fourth-order valence-electron chi connectivity index (χ4n) is 2.66. The van der Waals surface area contributed by atoms with Crippen molar-refractivity contribution in [2.75, 3.05) is 0 Å². The Labute approximate surface area is 159 Å². The third-order valence-electron chi connectivity index (χ3n) is 3.89. The zero-order chi connectivity index (χ0) is 17.9. The average Bonchev–Trinajstić information content (AvgIpc) is 2.68. The Bertz CT molecular complexity index is 1110. The molecule has 0 amide bonds. The molecule has 26 heavy (non-hydrogen) atoms. The lowest BCUT2D eigenvalue weighted by atomic mass is 10.2. The zero-order valence-electron chi connectivity index (χ0n) is 13.7. The van der Waals surface area contributed by atoms with Crippen LogP contribution >= 0.6 is 23.4 Å². The fraction of sp³-hybridized carbons (Fsp3) is 0.0500. The van der Waals surface area contributed by atoms with Gasteiger partial charge < -0.3 is 0 Å². The SMILES string of the molecule is O=c1c2cc(Cl)ccc2nc(SCc2ccccn2)n1-c1ccccc1. The van der Waals surface area contributed by atoms with E-state index in [4.69, 9.17) is 16.6 Å². The molecule has 0 bridgehead atoms. The molecule has 0 atom stereocenters. The van der Waals surface area contributed by atoms with Gasteiger partial charge in [-0.3, -0.25) is 14.3 Å². The lowest BCUT2D eigenvalue weighted by molar-refractivity contribution is 0.819. The Morgan fingerprint density at radius 1 is 1.00 bits per heavy atom. The molecule has 0 radical (unpaired) electrons. The van der Waals surface area contributed by atoms with Gasteiger partial charge in [0.2, 0.25) is 0 Å². The Morgan fingerprint density at radius 2 is 1.81 bits per heavy atom. The molecular formula is C20H14ClN3OS. The first-order valence-electron chi connectivity index (χ1n) is 8.03. The fourth-order valence-corrected chi connectivity index (χ4v) is 3.76. The summed E-state index contributed by atoms with van der Waals surface area (Å²) in [7, 11) is 0. The van der Waals surface area contributed by atoms with Crippen molar-refractivity contribution < 1.29 is 0 Å². The van der Waals surface area contributed by atoms with E-state index in [9.17, 15) is 4.79 Å². The standard InChI is InChI=1S/C20H14ClN3OS/c21-14-9-10-18-17(12-14)19(25)24(16-7-2-1-3-8-16)20(23-18)26-13-15-6-4-5-11-22-15/h1-12H,13H2. The first kappa shape index (κ1) is 16.8. The number of thioether (sulfide) groups is 1. The summed E-state index contributed by atoms with van der Waals surface area (Å²) in [4.78, 5) is 22.2. The minimum absolute atomic E-state index is 0.132. The average molecular weight is 380 g/mol. The largest absolute Gasteiger partial charge is 0.268 e. The molecule has 0 spiro atoms. The van der Waals surface area contributed by atoms with Gasteiger partial charge in [0, 0.05) is 17.0 Å². The molecule has 4 rings (SSSR count). The summed E-state index contributed by atoms with van der Waals surface area (Å²) < 4.78 is 1.63. The van der Waals surface area contributed by atoms with Crippen molar-refractivity contribution in [2.45, 2.75) is 10.9 Å². The minimum Gasteiger partial charge on any atom is -0.268 e. The normalized spacial score (nSPS) is 11.0. The first-order valence-corrected chi connectivity index (χ1v) is 9.39. The number of hydrogen-bond donors (Lipinski definition) is 0. The summed E-state index contributed by atoms with van der Waals surface area (Å²) >= 11 is 7.57. The molecule has 0 aliphatic rings. The number of rotatable bonds is 4. The van der Waals surface area contributed by atoms with E-state index in [0.717, 1.165) is 11.4 Å². The number of benzene rings is 2. The molecular weight excluding hydrogens is 366 g/mol. The summed E-state index contributed by atoms with van der Waals surface area (Å²) in [5.41, 5.74) is 2.21. The molecule has 128 valence electrons. The van der Waals surface area contributed by atoms with Crippen LogP contribution in [-0.2, 0) is 5.75 Å². The van der Waals surface area contributed by atoms with Gasteiger partial charge >= 0.3 is 0 Å². The van der Waals surface area contributed by atoms with Crippen molar-refractivity contribution in [1.82, 2.24) is 14.5 Å². The second-order valence-electron chi connectivity index (χ2n) is 5.64. The second-order valence-corrected chi connectivity index (χ2v) is 7.02. The van der Waals surface area contributed by atoms with Gasteiger partial charge in [0.05, 0.1) is 22.3 Å². The van der Waals surface area contributed by atoms with Crippen LogP contribution in [0.15, 0.2) is 82.9 Å². The quantitative estimate of drug-likeness (QED) is 0.380. The van der Waals surface area contributed by atoms with E-state index < -0.39 is 0 Å². The summed E-state index contributed by atoms with van der Waals surface area (Å²) in [6, 6.07) is 20.5. The molecule has 0 aliphatic carbocycles. The topological polar surface area (TPSA) is 47.8 Å². The van der Waals surface area contributed by atoms with E-state index in [0.29, 0.717) is 26.8 Å². The summed E-state index contributed by atoms with van der Waals surface area (Å²) in [5.74, 6) is 0.624. The Balaban J connectivity index is 1.87. The molecule has 0 saturated carbocycles. The summed E-state index contributed by atoms with van der Waals surface area (Å²) in [6.45, 7) is 0. The van der Waals surface area contributed by atoms with Gasteiger partial charge in [-0.1, -0.05) is 47.6 Å². The highest BCUT2D eigenvalue weighted by Crippen LogP contribution is 2.25. The van der Waals surface area contributed by atoms with Crippen LogP contribution in [0, 0.1) is 0 Å². The number of halogens is 1. The van der Waals surface area contributed by atoms with Gasteiger partial charge in [0.1, 0.15) is 0 Å². The zero-order valence-corrected chi connectivity index (χ0v) is 15.2. The van der Waals surface area contributed by atoms with Gasteiger partial charge in [-0.2, -0.15) is 0 Å². The van der Waals surface area contributed by atoms with Gasteiger partial charge in [-0.25, -0.2) is 4.98 Å². The van der Waals surface area contributed by atoms with E-state index in [2.05, 4.69) is 4.98 Å². The van der Waals surface area contributed by atoms with Gasteiger partial charge in [0.15, 0.2) is 5.16 Å². The van der Waals surface area contributed by atoms with Crippen molar-refractivity contribution >= 4 is 34.3 Å². The molecule has 0 aliphatic heterocycles. The van der Waals surface area contributed by atoms with E-state index in [1.54, 1.807) is 29.0 Å². The molecule has 0 N–H and O–H groups in total.